The van der Waals surface area contributed by atoms with Gasteiger partial charge < -0.3 is 14.7 Å². The SMILES string of the molecule is COc1cc(N=CN(C)C(C)C)c(C)cc1C(O)(c1cccc(F)c1F)C(F)(F)F. The molecular formula is C21H23F5N2O2. The lowest BCUT2D eigenvalue weighted by Crippen LogP contribution is -2.44. The van der Waals surface area contributed by atoms with Crippen LogP contribution in [0.5, 0.6) is 5.75 Å². The molecule has 164 valence electrons. The lowest BCUT2D eigenvalue weighted by Gasteiger charge is -2.33. The summed E-state index contributed by atoms with van der Waals surface area (Å²) >= 11 is 0. The fourth-order valence-corrected chi connectivity index (χ4v) is 2.79. The Bertz CT molecular complexity index is 944. The molecule has 2 aromatic rings. The van der Waals surface area contributed by atoms with E-state index in [0.29, 0.717) is 17.8 Å². The average Bonchev–Trinajstić information content (AvgIpc) is 2.67. The van der Waals surface area contributed by atoms with E-state index >= 15 is 0 Å². The van der Waals surface area contributed by atoms with E-state index in [1.807, 2.05) is 13.8 Å². The molecule has 0 radical (unpaired) electrons. The maximum absolute atomic E-state index is 14.3. The van der Waals surface area contributed by atoms with Crippen LogP contribution >= 0.6 is 0 Å². The smallest absolute Gasteiger partial charge is 0.426 e. The molecule has 2 aromatic carbocycles. The number of halogens is 5. The third kappa shape index (κ3) is 4.26. The zero-order valence-electron chi connectivity index (χ0n) is 17.2. The number of rotatable bonds is 6. The molecule has 0 aliphatic rings. The maximum atomic E-state index is 14.3. The predicted molar refractivity (Wildman–Crippen MR) is 104 cm³/mol. The van der Waals surface area contributed by atoms with Gasteiger partial charge in [-0.25, -0.2) is 13.8 Å². The molecule has 0 amide bonds. The van der Waals surface area contributed by atoms with Gasteiger partial charge in [-0.15, -0.1) is 0 Å². The fourth-order valence-electron chi connectivity index (χ4n) is 2.79. The largest absolute Gasteiger partial charge is 0.496 e. The van der Waals surface area contributed by atoms with Gasteiger partial charge in [0.1, 0.15) is 5.75 Å². The van der Waals surface area contributed by atoms with Gasteiger partial charge in [0.2, 0.25) is 5.60 Å². The first-order chi connectivity index (χ1) is 13.8. The Morgan fingerprint density at radius 3 is 2.30 bits per heavy atom. The second kappa shape index (κ2) is 8.59. The lowest BCUT2D eigenvalue weighted by molar-refractivity contribution is -0.249. The third-order valence-electron chi connectivity index (χ3n) is 4.85. The third-order valence-corrected chi connectivity index (χ3v) is 4.85. The summed E-state index contributed by atoms with van der Waals surface area (Å²) in [6.07, 6.45) is -3.86. The van der Waals surface area contributed by atoms with Crippen LogP contribution < -0.4 is 4.74 Å². The number of aryl methyl sites for hydroxylation is 1. The van der Waals surface area contributed by atoms with Crippen LogP contribution in [-0.4, -0.2) is 42.7 Å². The molecule has 4 nitrogen and oxygen atoms in total. The van der Waals surface area contributed by atoms with Gasteiger partial charge in [0, 0.05) is 30.3 Å². The first-order valence-corrected chi connectivity index (χ1v) is 9.03. The van der Waals surface area contributed by atoms with Crippen molar-refractivity contribution in [2.24, 2.45) is 4.99 Å². The van der Waals surface area contributed by atoms with Crippen molar-refractivity contribution in [3.8, 4) is 5.75 Å². The average molecular weight is 430 g/mol. The first-order valence-electron chi connectivity index (χ1n) is 9.03. The molecular weight excluding hydrogens is 407 g/mol. The molecule has 1 unspecified atom stereocenters. The first kappa shape index (κ1) is 23.6. The van der Waals surface area contributed by atoms with Crippen molar-refractivity contribution in [2.45, 2.75) is 38.6 Å². The van der Waals surface area contributed by atoms with E-state index in [1.54, 1.807) is 11.9 Å². The Hall–Kier alpha value is -2.68. The normalized spacial score (nSPS) is 14.3. The van der Waals surface area contributed by atoms with Crippen LogP contribution in [0.25, 0.3) is 0 Å². The van der Waals surface area contributed by atoms with Crippen molar-refractivity contribution in [1.29, 1.82) is 0 Å². The summed E-state index contributed by atoms with van der Waals surface area (Å²) in [4.78, 5) is 6.04. The van der Waals surface area contributed by atoms with Crippen LogP contribution in [0.2, 0.25) is 0 Å². The van der Waals surface area contributed by atoms with Crippen LogP contribution in [0.15, 0.2) is 35.3 Å². The van der Waals surface area contributed by atoms with Crippen molar-refractivity contribution in [3.05, 3.63) is 58.7 Å². The second-order valence-electron chi connectivity index (χ2n) is 7.15. The number of alkyl halides is 3. The summed E-state index contributed by atoms with van der Waals surface area (Å²) in [5.41, 5.74) is -5.29. The van der Waals surface area contributed by atoms with Gasteiger partial charge in [-0.2, -0.15) is 13.2 Å². The van der Waals surface area contributed by atoms with E-state index in [-0.39, 0.29) is 17.4 Å². The van der Waals surface area contributed by atoms with Gasteiger partial charge in [-0.3, -0.25) is 0 Å². The maximum Gasteiger partial charge on any atom is 0.426 e. The minimum absolute atomic E-state index is 0.140. The number of hydrogen-bond acceptors (Lipinski definition) is 3. The summed E-state index contributed by atoms with van der Waals surface area (Å²) < 4.78 is 75.2. The summed E-state index contributed by atoms with van der Waals surface area (Å²) in [5.74, 6) is -3.68. The molecule has 30 heavy (non-hydrogen) atoms. The van der Waals surface area contributed by atoms with Gasteiger partial charge in [0.15, 0.2) is 11.6 Å². The van der Waals surface area contributed by atoms with Crippen molar-refractivity contribution in [2.75, 3.05) is 14.2 Å². The number of methoxy groups -OCH3 is 1. The van der Waals surface area contributed by atoms with Gasteiger partial charge >= 0.3 is 6.18 Å². The van der Waals surface area contributed by atoms with Crippen LogP contribution in [0.1, 0.15) is 30.5 Å². The molecule has 0 fully saturated rings. The van der Waals surface area contributed by atoms with Crippen LogP contribution in [-0.2, 0) is 5.60 Å². The lowest BCUT2D eigenvalue weighted by atomic mass is 9.83. The zero-order chi connectivity index (χ0) is 22.9. The summed E-state index contributed by atoms with van der Waals surface area (Å²) in [6.45, 7) is 5.35. The Morgan fingerprint density at radius 1 is 1.13 bits per heavy atom. The quantitative estimate of drug-likeness (QED) is 0.395. The number of hydrogen-bond donors (Lipinski definition) is 1. The van der Waals surface area contributed by atoms with Gasteiger partial charge in [0.05, 0.1) is 19.1 Å². The van der Waals surface area contributed by atoms with E-state index in [2.05, 4.69) is 4.99 Å². The highest BCUT2D eigenvalue weighted by molar-refractivity contribution is 5.66. The molecule has 0 aliphatic heterocycles. The molecule has 1 N–H and O–H groups in total. The Labute approximate surface area is 171 Å². The molecule has 0 aromatic heterocycles. The molecule has 0 spiro atoms. The predicted octanol–water partition coefficient (Wildman–Crippen LogP) is 5.08. The van der Waals surface area contributed by atoms with Crippen molar-refractivity contribution in [1.82, 2.24) is 4.90 Å². The van der Waals surface area contributed by atoms with Crippen LogP contribution in [0.4, 0.5) is 27.6 Å². The van der Waals surface area contributed by atoms with E-state index in [0.717, 1.165) is 19.2 Å². The van der Waals surface area contributed by atoms with E-state index < -0.39 is 34.5 Å². The fraction of sp³-hybridized carbons (Fsp3) is 0.381. The number of aliphatic imine (C=N–C) groups is 1. The van der Waals surface area contributed by atoms with Gasteiger partial charge in [-0.1, -0.05) is 12.1 Å². The minimum atomic E-state index is -5.37. The van der Waals surface area contributed by atoms with Crippen LogP contribution in [0.3, 0.4) is 0 Å². The summed E-state index contributed by atoms with van der Waals surface area (Å²) in [5, 5.41) is 10.8. The molecule has 0 aliphatic carbocycles. The van der Waals surface area contributed by atoms with E-state index in [9.17, 15) is 27.1 Å². The monoisotopic (exact) mass is 430 g/mol. The number of ether oxygens (including phenoxy) is 1. The number of nitrogens with zero attached hydrogens (tertiary/aromatic N) is 2. The highest BCUT2D eigenvalue weighted by Gasteiger charge is 2.59. The van der Waals surface area contributed by atoms with Crippen molar-refractivity contribution < 1.29 is 31.8 Å². The second-order valence-corrected chi connectivity index (χ2v) is 7.15. The summed E-state index contributed by atoms with van der Waals surface area (Å²) in [7, 11) is 2.89. The van der Waals surface area contributed by atoms with E-state index in [4.69, 9.17) is 4.74 Å². The topological polar surface area (TPSA) is 45.1 Å². The number of benzene rings is 2. The van der Waals surface area contributed by atoms with Crippen molar-refractivity contribution in [3.63, 3.8) is 0 Å². The summed E-state index contributed by atoms with van der Waals surface area (Å²) in [6, 6.07) is 4.61. The molecule has 0 heterocycles. The standard InChI is InChI=1S/C21H23F5N2O2/c1-12(2)28(4)11-27-17-10-18(30-5)15(9-13(17)3)20(29,21(24,25)26)14-7-6-8-16(22)19(14)23/h6-12,29H,1-5H3. The Balaban J connectivity index is 2.75. The van der Waals surface area contributed by atoms with Gasteiger partial charge in [0.25, 0.3) is 0 Å². The minimum Gasteiger partial charge on any atom is -0.496 e. The van der Waals surface area contributed by atoms with Gasteiger partial charge in [-0.05, 0) is 38.5 Å². The molecule has 0 saturated carbocycles. The Kier molecular flexibility index (Phi) is 6.76. The number of aliphatic hydroxyl groups is 1. The van der Waals surface area contributed by atoms with Crippen LogP contribution in [0, 0.1) is 18.6 Å². The van der Waals surface area contributed by atoms with E-state index in [1.165, 1.54) is 19.3 Å². The highest BCUT2D eigenvalue weighted by Crippen LogP contribution is 2.49. The molecule has 1 atom stereocenters. The molecule has 0 bridgehead atoms. The molecule has 2 rings (SSSR count). The molecule has 9 heteroatoms. The molecule has 0 saturated heterocycles. The zero-order valence-corrected chi connectivity index (χ0v) is 17.2. The Morgan fingerprint density at radius 2 is 1.77 bits per heavy atom. The highest BCUT2D eigenvalue weighted by atomic mass is 19.4. The van der Waals surface area contributed by atoms with Crippen molar-refractivity contribution >= 4 is 12.0 Å².